The molecule has 0 aliphatic heterocycles. The first-order valence-electron chi connectivity index (χ1n) is 3.55. The number of nitrogens with zero attached hydrogens (tertiary/aromatic N) is 1. The minimum Gasteiger partial charge on any atom is -0.378 e. The van der Waals surface area contributed by atoms with E-state index in [4.69, 9.17) is 0 Å². The monoisotopic (exact) mass is 213 g/mol. The lowest BCUT2D eigenvalue weighted by Crippen LogP contribution is -2.08. The molecule has 0 atom stereocenters. The Kier molecular flexibility index (Phi) is 2.55. The van der Waals surface area contributed by atoms with E-state index >= 15 is 0 Å². The summed E-state index contributed by atoms with van der Waals surface area (Å²) in [7, 11) is 4.08. The number of aryl methyl sites for hydroxylation is 1. The van der Waals surface area contributed by atoms with Crippen LogP contribution < -0.4 is 4.90 Å². The summed E-state index contributed by atoms with van der Waals surface area (Å²) in [6, 6.07) is 6.34. The summed E-state index contributed by atoms with van der Waals surface area (Å²) in [5.74, 6) is 0. The van der Waals surface area contributed by atoms with Gasteiger partial charge in [0.1, 0.15) is 0 Å². The zero-order valence-electron chi connectivity index (χ0n) is 7.06. The Morgan fingerprint density at radius 1 is 1.27 bits per heavy atom. The number of benzene rings is 1. The lowest BCUT2D eigenvalue weighted by molar-refractivity contribution is 1.13. The summed E-state index contributed by atoms with van der Waals surface area (Å²) < 4.78 is 1.17. The number of halogens is 1. The zero-order chi connectivity index (χ0) is 8.43. The highest BCUT2D eigenvalue weighted by atomic mass is 79.9. The first kappa shape index (κ1) is 8.60. The maximum atomic E-state index is 3.49. The van der Waals surface area contributed by atoms with Crippen LogP contribution in [0, 0.1) is 6.92 Å². The summed E-state index contributed by atoms with van der Waals surface area (Å²) in [4.78, 5) is 2.09. The molecule has 0 fully saturated rings. The highest BCUT2D eigenvalue weighted by Gasteiger charge is 1.97. The Bertz CT molecular complexity index is 256. The third-order valence-corrected chi connectivity index (χ3v) is 2.53. The van der Waals surface area contributed by atoms with Crippen molar-refractivity contribution in [3.63, 3.8) is 0 Å². The molecule has 0 saturated carbocycles. The summed E-state index contributed by atoms with van der Waals surface area (Å²) in [6.07, 6.45) is 0. The summed E-state index contributed by atoms with van der Waals surface area (Å²) >= 11 is 3.49. The molecule has 1 aromatic rings. The maximum absolute atomic E-state index is 3.49. The van der Waals surface area contributed by atoms with Crippen molar-refractivity contribution >= 4 is 21.6 Å². The molecule has 60 valence electrons. The van der Waals surface area contributed by atoms with E-state index < -0.39 is 0 Å². The molecule has 0 spiro atoms. The van der Waals surface area contributed by atoms with Crippen LogP contribution in [0.4, 0.5) is 5.69 Å². The Hall–Kier alpha value is -0.500. The van der Waals surface area contributed by atoms with Crippen molar-refractivity contribution in [2.75, 3.05) is 19.0 Å². The van der Waals surface area contributed by atoms with E-state index in [2.05, 4.69) is 46.0 Å². The maximum Gasteiger partial charge on any atom is 0.0372 e. The number of rotatable bonds is 1. The molecule has 2 heteroatoms. The molecule has 1 nitrogen and oxygen atoms in total. The van der Waals surface area contributed by atoms with Crippen LogP contribution in [0.1, 0.15) is 5.56 Å². The second kappa shape index (κ2) is 3.26. The average molecular weight is 214 g/mol. The van der Waals surface area contributed by atoms with Crippen molar-refractivity contribution in [2.45, 2.75) is 6.92 Å². The number of hydrogen-bond acceptors (Lipinski definition) is 1. The first-order valence-corrected chi connectivity index (χ1v) is 4.34. The van der Waals surface area contributed by atoms with Gasteiger partial charge in [-0.3, -0.25) is 0 Å². The molecule has 0 unspecified atom stereocenters. The van der Waals surface area contributed by atoms with Gasteiger partial charge in [-0.25, -0.2) is 0 Å². The minimum absolute atomic E-state index is 1.17. The van der Waals surface area contributed by atoms with Gasteiger partial charge in [-0.15, -0.1) is 0 Å². The average Bonchev–Trinajstić information content (AvgIpc) is 1.94. The van der Waals surface area contributed by atoms with Crippen LogP contribution in [0.15, 0.2) is 22.7 Å². The lowest BCUT2D eigenvalue weighted by Gasteiger charge is -2.12. The van der Waals surface area contributed by atoms with Gasteiger partial charge in [-0.2, -0.15) is 0 Å². The number of anilines is 1. The van der Waals surface area contributed by atoms with Crippen molar-refractivity contribution in [1.82, 2.24) is 0 Å². The molecular weight excluding hydrogens is 202 g/mol. The van der Waals surface area contributed by atoms with Gasteiger partial charge < -0.3 is 4.90 Å². The molecule has 0 bridgehead atoms. The molecule has 0 saturated heterocycles. The van der Waals surface area contributed by atoms with Crippen LogP contribution in [-0.2, 0) is 0 Å². The fourth-order valence-electron chi connectivity index (χ4n) is 0.860. The van der Waals surface area contributed by atoms with Gasteiger partial charge in [0.2, 0.25) is 0 Å². The smallest absolute Gasteiger partial charge is 0.0372 e. The summed E-state index contributed by atoms with van der Waals surface area (Å²) in [5, 5.41) is 0. The van der Waals surface area contributed by atoms with Crippen LogP contribution in [0.3, 0.4) is 0 Å². The Labute approximate surface area is 76.2 Å². The van der Waals surface area contributed by atoms with Crippen molar-refractivity contribution < 1.29 is 0 Å². The summed E-state index contributed by atoms with van der Waals surface area (Å²) in [5.41, 5.74) is 2.50. The van der Waals surface area contributed by atoms with Crippen molar-refractivity contribution in [1.29, 1.82) is 0 Å². The topological polar surface area (TPSA) is 3.24 Å². The Morgan fingerprint density at radius 2 is 1.91 bits per heavy atom. The molecule has 1 aromatic carbocycles. The van der Waals surface area contributed by atoms with Gasteiger partial charge in [0.25, 0.3) is 0 Å². The van der Waals surface area contributed by atoms with Gasteiger partial charge in [0.15, 0.2) is 0 Å². The molecule has 0 amide bonds. The fraction of sp³-hybridized carbons (Fsp3) is 0.333. The van der Waals surface area contributed by atoms with Crippen molar-refractivity contribution in [2.24, 2.45) is 0 Å². The van der Waals surface area contributed by atoms with E-state index in [1.54, 1.807) is 0 Å². The SMILES string of the molecule is Cc1ccc(N(C)C)cc1Br. The van der Waals surface area contributed by atoms with E-state index in [1.165, 1.54) is 15.7 Å². The van der Waals surface area contributed by atoms with Gasteiger partial charge in [-0.05, 0) is 24.6 Å². The van der Waals surface area contributed by atoms with Crippen LogP contribution in [0.5, 0.6) is 0 Å². The van der Waals surface area contributed by atoms with Crippen LogP contribution in [-0.4, -0.2) is 14.1 Å². The highest BCUT2D eigenvalue weighted by molar-refractivity contribution is 9.10. The molecule has 0 aromatic heterocycles. The van der Waals surface area contributed by atoms with E-state index in [-0.39, 0.29) is 0 Å². The second-order valence-electron chi connectivity index (χ2n) is 2.83. The van der Waals surface area contributed by atoms with E-state index in [9.17, 15) is 0 Å². The standard InChI is InChI=1S/C9H12BrN/c1-7-4-5-8(11(2)3)6-9(7)10/h4-6H,1-3H3. The first-order chi connectivity index (χ1) is 5.11. The van der Waals surface area contributed by atoms with E-state index in [1.807, 2.05) is 14.1 Å². The second-order valence-corrected chi connectivity index (χ2v) is 3.68. The third kappa shape index (κ3) is 1.96. The summed E-state index contributed by atoms with van der Waals surface area (Å²) in [6.45, 7) is 2.09. The van der Waals surface area contributed by atoms with Gasteiger partial charge in [0, 0.05) is 24.3 Å². The minimum atomic E-state index is 1.17. The highest BCUT2D eigenvalue weighted by Crippen LogP contribution is 2.21. The molecule has 0 radical (unpaired) electrons. The van der Waals surface area contributed by atoms with Gasteiger partial charge in [0.05, 0.1) is 0 Å². The Morgan fingerprint density at radius 3 is 2.36 bits per heavy atom. The molecule has 11 heavy (non-hydrogen) atoms. The third-order valence-electron chi connectivity index (χ3n) is 1.67. The Balaban J connectivity index is 3.05. The van der Waals surface area contributed by atoms with Gasteiger partial charge in [-0.1, -0.05) is 22.0 Å². The lowest BCUT2D eigenvalue weighted by atomic mass is 10.2. The molecule has 0 N–H and O–H groups in total. The molecule has 0 aliphatic carbocycles. The van der Waals surface area contributed by atoms with Crippen LogP contribution in [0.25, 0.3) is 0 Å². The molecule has 0 aliphatic rings. The fourth-order valence-corrected chi connectivity index (χ4v) is 1.23. The van der Waals surface area contributed by atoms with Crippen molar-refractivity contribution in [3.8, 4) is 0 Å². The van der Waals surface area contributed by atoms with E-state index in [0.29, 0.717) is 0 Å². The van der Waals surface area contributed by atoms with Crippen molar-refractivity contribution in [3.05, 3.63) is 28.2 Å². The van der Waals surface area contributed by atoms with Gasteiger partial charge >= 0.3 is 0 Å². The molecule has 1 rings (SSSR count). The molecule has 0 heterocycles. The predicted molar refractivity (Wildman–Crippen MR) is 53.2 cm³/mol. The quantitative estimate of drug-likeness (QED) is 0.694. The largest absolute Gasteiger partial charge is 0.378 e. The zero-order valence-corrected chi connectivity index (χ0v) is 8.64. The van der Waals surface area contributed by atoms with Crippen LogP contribution >= 0.6 is 15.9 Å². The van der Waals surface area contributed by atoms with Crippen LogP contribution in [0.2, 0.25) is 0 Å². The number of hydrogen-bond donors (Lipinski definition) is 0. The molecular formula is C9H12BrN. The predicted octanol–water partition coefficient (Wildman–Crippen LogP) is 2.82. The van der Waals surface area contributed by atoms with E-state index in [0.717, 1.165) is 0 Å². The normalized spacial score (nSPS) is 9.82.